The van der Waals surface area contributed by atoms with Gasteiger partial charge >= 0.3 is 6.09 Å². The highest BCUT2D eigenvalue weighted by atomic mass is 16.8. The molecule has 0 fully saturated rings. The summed E-state index contributed by atoms with van der Waals surface area (Å²) < 4.78 is 15.6. The van der Waals surface area contributed by atoms with Crippen molar-refractivity contribution < 1.29 is 23.8 Å². The molecular formula is C16H21NO5. The van der Waals surface area contributed by atoms with Gasteiger partial charge in [0.25, 0.3) is 0 Å². The van der Waals surface area contributed by atoms with Gasteiger partial charge in [-0.1, -0.05) is 42.5 Å². The maximum Gasteiger partial charge on any atom is 0.434 e. The number of rotatable bonds is 5. The fraction of sp³-hybridized carbons (Fsp3) is 0.438. The molecule has 1 aromatic carbocycles. The van der Waals surface area contributed by atoms with E-state index in [2.05, 4.69) is 0 Å². The van der Waals surface area contributed by atoms with Crippen LogP contribution in [0.1, 0.15) is 12.5 Å². The minimum atomic E-state index is -0.590. The van der Waals surface area contributed by atoms with Gasteiger partial charge in [-0.05, 0) is 12.5 Å². The maximum atomic E-state index is 12.2. The summed E-state index contributed by atoms with van der Waals surface area (Å²) in [4.78, 5) is 17.8. The average Bonchev–Trinajstić information content (AvgIpc) is 2.56. The van der Waals surface area contributed by atoms with Crippen LogP contribution in [-0.4, -0.2) is 43.8 Å². The maximum absolute atomic E-state index is 12.2. The zero-order chi connectivity index (χ0) is 15.9. The van der Waals surface area contributed by atoms with Crippen LogP contribution in [0.4, 0.5) is 4.79 Å². The van der Waals surface area contributed by atoms with Crippen LogP contribution in [0, 0.1) is 0 Å². The molecule has 2 atom stereocenters. The topological polar surface area (TPSA) is 57.2 Å². The minimum absolute atomic E-state index is 0.193. The second kappa shape index (κ2) is 7.93. The molecule has 22 heavy (non-hydrogen) atoms. The Morgan fingerprint density at radius 3 is 2.55 bits per heavy atom. The van der Waals surface area contributed by atoms with Gasteiger partial charge in [-0.15, -0.1) is 0 Å². The number of amides is 1. The van der Waals surface area contributed by atoms with E-state index in [4.69, 9.17) is 19.0 Å². The Morgan fingerprint density at radius 1 is 1.23 bits per heavy atom. The first-order valence-corrected chi connectivity index (χ1v) is 7.06. The molecule has 0 aromatic heterocycles. The van der Waals surface area contributed by atoms with Crippen LogP contribution in [-0.2, 0) is 25.7 Å². The van der Waals surface area contributed by atoms with E-state index < -0.39 is 18.5 Å². The predicted octanol–water partition coefficient (Wildman–Crippen LogP) is 2.50. The first kappa shape index (κ1) is 16.5. The molecule has 1 heterocycles. The molecule has 6 nitrogen and oxygen atoms in total. The van der Waals surface area contributed by atoms with Crippen LogP contribution in [0.25, 0.3) is 0 Å². The fourth-order valence-electron chi connectivity index (χ4n) is 2.11. The molecule has 120 valence electrons. The van der Waals surface area contributed by atoms with E-state index in [0.717, 1.165) is 5.56 Å². The van der Waals surface area contributed by atoms with Crippen LogP contribution < -0.4 is 0 Å². The Morgan fingerprint density at radius 2 is 1.91 bits per heavy atom. The Balaban J connectivity index is 1.95. The summed E-state index contributed by atoms with van der Waals surface area (Å²) in [5.74, 6) is 0. The summed E-state index contributed by atoms with van der Waals surface area (Å²) in [6.07, 6.45) is 2.02. The molecule has 0 bridgehead atoms. The normalized spacial score (nSPS) is 21.2. The minimum Gasteiger partial charge on any atom is -0.443 e. The molecule has 0 spiro atoms. The average molecular weight is 307 g/mol. The van der Waals surface area contributed by atoms with Gasteiger partial charge in [-0.25, -0.2) is 4.79 Å². The van der Waals surface area contributed by atoms with Gasteiger partial charge in [0.2, 0.25) is 0 Å². The van der Waals surface area contributed by atoms with Gasteiger partial charge in [0.05, 0.1) is 6.04 Å². The second-order valence-electron chi connectivity index (χ2n) is 4.90. The van der Waals surface area contributed by atoms with Crippen molar-refractivity contribution in [3.05, 3.63) is 48.0 Å². The Kier molecular flexibility index (Phi) is 5.94. The van der Waals surface area contributed by atoms with Crippen molar-refractivity contribution >= 4 is 6.09 Å². The lowest BCUT2D eigenvalue weighted by atomic mass is 10.2. The summed E-state index contributed by atoms with van der Waals surface area (Å²) in [6.45, 7) is 2.03. The Labute approximate surface area is 130 Å². The largest absolute Gasteiger partial charge is 0.443 e. The highest BCUT2D eigenvalue weighted by Crippen LogP contribution is 2.19. The first-order chi connectivity index (χ1) is 10.7. The van der Waals surface area contributed by atoms with Crippen molar-refractivity contribution in [2.75, 3.05) is 14.2 Å². The molecule has 1 amide bonds. The standard InChI is InChI=1S/C16H21NO5/c1-12-9-10-14(15(19-2)20-3)22-17(12)16(18)21-11-13-7-5-4-6-8-13/h4-10,12,14-15H,11H2,1-3H3/t12-,14-/m0/s1. The van der Waals surface area contributed by atoms with Gasteiger partial charge in [-0.2, -0.15) is 5.06 Å². The zero-order valence-electron chi connectivity index (χ0n) is 13.0. The van der Waals surface area contributed by atoms with Gasteiger partial charge in [0.15, 0.2) is 12.4 Å². The Bertz CT molecular complexity index is 501. The number of nitrogens with zero attached hydrogens (tertiary/aromatic N) is 1. The molecule has 1 aliphatic heterocycles. The van der Waals surface area contributed by atoms with E-state index in [9.17, 15) is 4.79 Å². The number of benzene rings is 1. The highest BCUT2D eigenvalue weighted by Gasteiger charge is 2.32. The van der Waals surface area contributed by atoms with Crippen LogP contribution >= 0.6 is 0 Å². The van der Waals surface area contributed by atoms with Gasteiger partial charge in [0, 0.05) is 14.2 Å². The molecule has 6 heteroatoms. The summed E-state index contributed by atoms with van der Waals surface area (Å²) in [6, 6.07) is 9.25. The van der Waals surface area contributed by atoms with E-state index in [-0.39, 0.29) is 12.6 Å². The summed E-state index contributed by atoms with van der Waals surface area (Å²) in [7, 11) is 3.03. The van der Waals surface area contributed by atoms with E-state index in [1.165, 1.54) is 19.3 Å². The Hall–Kier alpha value is -1.89. The summed E-state index contributed by atoms with van der Waals surface area (Å²) in [5.41, 5.74) is 0.916. The summed E-state index contributed by atoms with van der Waals surface area (Å²) in [5, 5.41) is 1.19. The first-order valence-electron chi connectivity index (χ1n) is 7.06. The van der Waals surface area contributed by atoms with Crippen molar-refractivity contribution in [1.29, 1.82) is 0 Å². The third-order valence-electron chi connectivity index (χ3n) is 3.30. The third-order valence-corrected chi connectivity index (χ3v) is 3.30. The van der Waals surface area contributed by atoms with Crippen molar-refractivity contribution in [2.45, 2.75) is 32.0 Å². The lowest BCUT2D eigenvalue weighted by molar-refractivity contribution is -0.251. The smallest absolute Gasteiger partial charge is 0.434 e. The van der Waals surface area contributed by atoms with E-state index >= 15 is 0 Å². The SMILES string of the molecule is COC(OC)[C@@H]1C=C[C@H](C)N(C(=O)OCc2ccccc2)O1. The van der Waals surface area contributed by atoms with Crippen LogP contribution in [0.5, 0.6) is 0 Å². The number of methoxy groups -OCH3 is 2. The number of hydroxylamine groups is 2. The monoisotopic (exact) mass is 307 g/mol. The van der Waals surface area contributed by atoms with Crippen molar-refractivity contribution in [2.24, 2.45) is 0 Å². The molecule has 0 aliphatic carbocycles. The molecule has 0 N–H and O–H groups in total. The number of hydrogen-bond donors (Lipinski definition) is 0. The molecule has 0 unspecified atom stereocenters. The van der Waals surface area contributed by atoms with Gasteiger partial charge in [0.1, 0.15) is 6.61 Å². The number of carbonyl (C=O) groups is 1. The molecule has 1 aromatic rings. The summed E-state index contributed by atoms with van der Waals surface area (Å²) >= 11 is 0. The highest BCUT2D eigenvalue weighted by molar-refractivity contribution is 5.67. The number of ether oxygens (including phenoxy) is 3. The molecule has 0 radical (unpaired) electrons. The second-order valence-corrected chi connectivity index (χ2v) is 4.90. The lowest BCUT2D eigenvalue weighted by Gasteiger charge is -2.34. The quantitative estimate of drug-likeness (QED) is 0.618. The van der Waals surface area contributed by atoms with Crippen molar-refractivity contribution in [1.82, 2.24) is 5.06 Å². The predicted molar refractivity (Wildman–Crippen MR) is 79.7 cm³/mol. The molecule has 2 rings (SSSR count). The molecule has 0 saturated heterocycles. The van der Waals surface area contributed by atoms with Gasteiger partial charge in [-0.3, -0.25) is 4.84 Å². The fourth-order valence-corrected chi connectivity index (χ4v) is 2.11. The van der Waals surface area contributed by atoms with Crippen LogP contribution in [0.2, 0.25) is 0 Å². The van der Waals surface area contributed by atoms with E-state index in [1.807, 2.05) is 49.4 Å². The van der Waals surface area contributed by atoms with Crippen LogP contribution in [0.3, 0.4) is 0 Å². The molecule has 1 aliphatic rings. The molecule has 0 saturated carbocycles. The van der Waals surface area contributed by atoms with E-state index in [0.29, 0.717) is 0 Å². The lowest BCUT2D eigenvalue weighted by Crippen LogP contribution is -2.47. The third kappa shape index (κ3) is 4.07. The zero-order valence-corrected chi connectivity index (χ0v) is 13.0. The van der Waals surface area contributed by atoms with E-state index in [1.54, 1.807) is 0 Å². The van der Waals surface area contributed by atoms with Crippen molar-refractivity contribution in [3.8, 4) is 0 Å². The molecular weight excluding hydrogens is 286 g/mol. The van der Waals surface area contributed by atoms with Gasteiger partial charge < -0.3 is 14.2 Å². The number of hydrogen-bond acceptors (Lipinski definition) is 5. The number of carbonyl (C=O) groups excluding carboxylic acids is 1. The van der Waals surface area contributed by atoms with Crippen molar-refractivity contribution in [3.63, 3.8) is 0 Å². The van der Waals surface area contributed by atoms with Crippen LogP contribution in [0.15, 0.2) is 42.5 Å².